The van der Waals surface area contributed by atoms with Crippen LogP contribution in [0, 0.1) is 11.3 Å². The number of pyridine rings is 1. The summed E-state index contributed by atoms with van der Waals surface area (Å²) in [4.78, 5) is 6.50. The van der Waals surface area contributed by atoms with E-state index in [0.717, 1.165) is 18.8 Å². The predicted octanol–water partition coefficient (Wildman–Crippen LogP) is 2.59. The number of nitrogens with zero attached hydrogens (tertiary/aromatic N) is 3. The number of rotatable bonds is 4. The standard InChI is InChI=1S/C15H15N3/c1-18(12-15-4-2-3-9-17-15)11-14-7-5-13(10-16)6-8-14/h2-9H,11-12H2,1H3. The molecule has 0 fully saturated rings. The topological polar surface area (TPSA) is 39.9 Å². The van der Waals surface area contributed by atoms with Crippen LogP contribution in [-0.2, 0) is 13.1 Å². The van der Waals surface area contributed by atoms with Gasteiger partial charge in [0.05, 0.1) is 17.3 Å². The third-order valence-electron chi connectivity index (χ3n) is 2.69. The van der Waals surface area contributed by atoms with Gasteiger partial charge in [-0.15, -0.1) is 0 Å². The molecule has 2 aromatic rings. The number of benzene rings is 1. The summed E-state index contributed by atoms with van der Waals surface area (Å²) in [6.07, 6.45) is 1.81. The van der Waals surface area contributed by atoms with E-state index in [4.69, 9.17) is 5.26 Å². The summed E-state index contributed by atoms with van der Waals surface area (Å²) >= 11 is 0. The van der Waals surface area contributed by atoms with Crippen LogP contribution in [0.2, 0.25) is 0 Å². The van der Waals surface area contributed by atoms with E-state index in [0.29, 0.717) is 5.56 Å². The van der Waals surface area contributed by atoms with E-state index >= 15 is 0 Å². The monoisotopic (exact) mass is 237 g/mol. The van der Waals surface area contributed by atoms with Gasteiger partial charge in [0.1, 0.15) is 0 Å². The normalized spacial score (nSPS) is 10.3. The van der Waals surface area contributed by atoms with E-state index in [1.165, 1.54) is 5.56 Å². The van der Waals surface area contributed by atoms with Gasteiger partial charge in [-0.1, -0.05) is 18.2 Å². The SMILES string of the molecule is CN(Cc1ccc(C#N)cc1)Cc1ccccn1. The zero-order valence-electron chi connectivity index (χ0n) is 10.4. The molecule has 1 heterocycles. The Labute approximate surface area is 107 Å². The number of hydrogen-bond acceptors (Lipinski definition) is 3. The van der Waals surface area contributed by atoms with E-state index in [2.05, 4.69) is 23.0 Å². The molecule has 1 aromatic heterocycles. The van der Waals surface area contributed by atoms with Gasteiger partial charge in [-0.2, -0.15) is 5.26 Å². The molecule has 2 rings (SSSR count). The van der Waals surface area contributed by atoms with Gasteiger partial charge in [0.2, 0.25) is 0 Å². The predicted molar refractivity (Wildman–Crippen MR) is 70.6 cm³/mol. The van der Waals surface area contributed by atoms with Crippen molar-refractivity contribution in [2.24, 2.45) is 0 Å². The Morgan fingerprint density at radius 2 is 1.89 bits per heavy atom. The Balaban J connectivity index is 1.95. The molecule has 3 nitrogen and oxygen atoms in total. The van der Waals surface area contributed by atoms with E-state index in [-0.39, 0.29) is 0 Å². The first kappa shape index (κ1) is 12.3. The van der Waals surface area contributed by atoms with Crippen LogP contribution in [-0.4, -0.2) is 16.9 Å². The van der Waals surface area contributed by atoms with Crippen LogP contribution in [0.1, 0.15) is 16.8 Å². The van der Waals surface area contributed by atoms with Crippen molar-refractivity contribution in [3.8, 4) is 6.07 Å². The van der Waals surface area contributed by atoms with Crippen molar-refractivity contribution >= 4 is 0 Å². The van der Waals surface area contributed by atoms with Gasteiger partial charge >= 0.3 is 0 Å². The Hall–Kier alpha value is -2.18. The minimum Gasteiger partial charge on any atom is -0.296 e. The molecule has 0 aliphatic heterocycles. The quantitative estimate of drug-likeness (QED) is 0.820. The van der Waals surface area contributed by atoms with Crippen LogP contribution >= 0.6 is 0 Å². The van der Waals surface area contributed by atoms with Gasteiger partial charge in [-0.05, 0) is 36.9 Å². The van der Waals surface area contributed by atoms with Gasteiger partial charge in [-0.25, -0.2) is 0 Å². The van der Waals surface area contributed by atoms with Gasteiger partial charge < -0.3 is 0 Å². The van der Waals surface area contributed by atoms with Crippen LogP contribution in [0.5, 0.6) is 0 Å². The molecule has 90 valence electrons. The fourth-order valence-electron chi connectivity index (χ4n) is 1.82. The summed E-state index contributed by atoms with van der Waals surface area (Å²) in [6.45, 7) is 1.67. The van der Waals surface area contributed by atoms with Crippen molar-refractivity contribution in [1.29, 1.82) is 5.26 Å². The highest BCUT2D eigenvalue weighted by atomic mass is 15.1. The Bertz CT molecular complexity index is 526. The minimum atomic E-state index is 0.700. The van der Waals surface area contributed by atoms with Crippen LogP contribution in [0.3, 0.4) is 0 Å². The highest BCUT2D eigenvalue weighted by Gasteiger charge is 2.02. The molecular formula is C15H15N3. The second-order valence-corrected chi connectivity index (χ2v) is 4.30. The number of nitriles is 1. The van der Waals surface area contributed by atoms with Crippen molar-refractivity contribution < 1.29 is 0 Å². The van der Waals surface area contributed by atoms with Crippen LogP contribution in [0.25, 0.3) is 0 Å². The van der Waals surface area contributed by atoms with E-state index in [1.54, 1.807) is 0 Å². The highest BCUT2D eigenvalue weighted by molar-refractivity contribution is 5.31. The zero-order chi connectivity index (χ0) is 12.8. The largest absolute Gasteiger partial charge is 0.296 e. The van der Waals surface area contributed by atoms with E-state index in [9.17, 15) is 0 Å². The third kappa shape index (κ3) is 3.41. The fraction of sp³-hybridized carbons (Fsp3) is 0.200. The number of aromatic nitrogens is 1. The second-order valence-electron chi connectivity index (χ2n) is 4.30. The molecular weight excluding hydrogens is 222 g/mol. The van der Waals surface area contributed by atoms with Crippen molar-refractivity contribution in [3.63, 3.8) is 0 Å². The van der Waals surface area contributed by atoms with Crippen LogP contribution in [0.15, 0.2) is 48.7 Å². The first-order chi connectivity index (χ1) is 8.78. The molecule has 0 aliphatic rings. The lowest BCUT2D eigenvalue weighted by Crippen LogP contribution is -2.17. The molecule has 0 radical (unpaired) electrons. The molecule has 3 heteroatoms. The summed E-state index contributed by atoms with van der Waals surface area (Å²) in [5, 5.41) is 8.74. The van der Waals surface area contributed by atoms with Crippen LogP contribution < -0.4 is 0 Å². The maximum Gasteiger partial charge on any atom is 0.0991 e. The summed E-state index contributed by atoms with van der Waals surface area (Å²) in [7, 11) is 2.06. The molecule has 0 unspecified atom stereocenters. The van der Waals surface area contributed by atoms with Crippen LogP contribution in [0.4, 0.5) is 0 Å². The number of hydrogen-bond donors (Lipinski definition) is 0. The lowest BCUT2D eigenvalue weighted by molar-refractivity contribution is 0.315. The zero-order valence-corrected chi connectivity index (χ0v) is 10.4. The second kappa shape index (κ2) is 5.95. The summed E-state index contributed by atoms with van der Waals surface area (Å²) in [6, 6.07) is 15.8. The Kier molecular flexibility index (Phi) is 4.06. The average Bonchev–Trinajstić information content (AvgIpc) is 2.40. The van der Waals surface area contributed by atoms with Crippen molar-refractivity contribution in [3.05, 3.63) is 65.5 Å². The molecule has 0 saturated heterocycles. The lowest BCUT2D eigenvalue weighted by Gasteiger charge is -2.16. The molecule has 18 heavy (non-hydrogen) atoms. The molecule has 0 saturated carbocycles. The maximum atomic E-state index is 8.74. The average molecular weight is 237 g/mol. The van der Waals surface area contributed by atoms with Gasteiger partial charge in [0, 0.05) is 19.3 Å². The van der Waals surface area contributed by atoms with Crippen molar-refractivity contribution in [2.75, 3.05) is 7.05 Å². The molecule has 0 aliphatic carbocycles. The molecule has 0 spiro atoms. The molecule has 0 N–H and O–H groups in total. The minimum absolute atomic E-state index is 0.700. The van der Waals surface area contributed by atoms with E-state index in [1.807, 2.05) is 48.7 Å². The van der Waals surface area contributed by atoms with Gasteiger partial charge in [0.25, 0.3) is 0 Å². The van der Waals surface area contributed by atoms with Crippen molar-refractivity contribution in [1.82, 2.24) is 9.88 Å². The highest BCUT2D eigenvalue weighted by Crippen LogP contribution is 2.08. The maximum absolute atomic E-state index is 8.74. The molecule has 1 aromatic carbocycles. The Morgan fingerprint density at radius 1 is 1.11 bits per heavy atom. The summed E-state index contributed by atoms with van der Waals surface area (Å²) in [5.74, 6) is 0. The van der Waals surface area contributed by atoms with E-state index < -0.39 is 0 Å². The first-order valence-corrected chi connectivity index (χ1v) is 5.85. The summed E-state index contributed by atoms with van der Waals surface area (Å²) < 4.78 is 0. The van der Waals surface area contributed by atoms with Gasteiger partial charge in [-0.3, -0.25) is 9.88 Å². The molecule has 0 amide bonds. The fourth-order valence-corrected chi connectivity index (χ4v) is 1.82. The molecule has 0 bridgehead atoms. The third-order valence-corrected chi connectivity index (χ3v) is 2.69. The lowest BCUT2D eigenvalue weighted by atomic mass is 10.1. The van der Waals surface area contributed by atoms with Crippen molar-refractivity contribution in [2.45, 2.75) is 13.1 Å². The summed E-state index contributed by atoms with van der Waals surface area (Å²) in [5.41, 5.74) is 2.97. The molecule has 0 atom stereocenters. The van der Waals surface area contributed by atoms with Gasteiger partial charge in [0.15, 0.2) is 0 Å². The Morgan fingerprint density at radius 3 is 2.50 bits per heavy atom. The first-order valence-electron chi connectivity index (χ1n) is 5.85. The smallest absolute Gasteiger partial charge is 0.0991 e.